The molecule has 0 aliphatic carbocycles. The van der Waals surface area contributed by atoms with Crippen LogP contribution in [0.1, 0.15) is 11.1 Å². The van der Waals surface area contributed by atoms with Gasteiger partial charge in [0.15, 0.2) is 0 Å². The van der Waals surface area contributed by atoms with E-state index in [0.717, 1.165) is 34.7 Å². The summed E-state index contributed by atoms with van der Waals surface area (Å²) in [5.41, 5.74) is 6.07. The highest BCUT2D eigenvalue weighted by Gasteiger charge is 2.09. The second-order valence-electron chi connectivity index (χ2n) is 5.46. The van der Waals surface area contributed by atoms with Gasteiger partial charge in [0.05, 0.1) is 19.0 Å². The van der Waals surface area contributed by atoms with Crippen molar-refractivity contribution in [2.24, 2.45) is 5.10 Å². The summed E-state index contributed by atoms with van der Waals surface area (Å²) in [5.74, 6) is 0.884. The van der Waals surface area contributed by atoms with Crippen LogP contribution in [0.5, 0.6) is 5.75 Å². The van der Waals surface area contributed by atoms with Crippen molar-refractivity contribution < 1.29 is 4.74 Å². The van der Waals surface area contributed by atoms with E-state index >= 15 is 0 Å². The van der Waals surface area contributed by atoms with Gasteiger partial charge < -0.3 is 4.74 Å². The number of nitrogens with one attached hydrogen (secondary N) is 1. The van der Waals surface area contributed by atoms with E-state index in [0.29, 0.717) is 6.61 Å². The average molecular weight is 589 g/mol. The second kappa shape index (κ2) is 9.57. The lowest BCUT2D eigenvalue weighted by Crippen LogP contribution is -2.00. The highest BCUT2D eigenvalue weighted by Crippen LogP contribution is 2.29. The van der Waals surface area contributed by atoms with Crippen molar-refractivity contribution in [1.82, 2.24) is 0 Å². The van der Waals surface area contributed by atoms with Gasteiger partial charge in [-0.05, 0) is 92.7 Å². The molecule has 3 aromatic carbocycles. The minimum Gasteiger partial charge on any atom is -0.487 e. The Morgan fingerprint density at radius 3 is 2.27 bits per heavy atom. The molecule has 0 bridgehead atoms. The smallest absolute Gasteiger partial charge is 0.146 e. The van der Waals surface area contributed by atoms with Gasteiger partial charge in [-0.1, -0.05) is 41.9 Å². The fourth-order valence-corrected chi connectivity index (χ4v) is 4.48. The number of benzene rings is 3. The molecular weight excluding hydrogens is 573 g/mol. The van der Waals surface area contributed by atoms with Crippen LogP contribution < -0.4 is 10.2 Å². The standard InChI is InChI=1S/C20H15ClI2N2O/c21-16-8-6-14(7-9-16)13-26-20-18(22)10-15(11-19(20)23)12-24-25-17-4-2-1-3-5-17/h1-12,25H,13H2. The third kappa shape index (κ3) is 5.59. The molecule has 0 spiro atoms. The Bertz CT molecular complexity index is 876. The van der Waals surface area contributed by atoms with Crippen molar-refractivity contribution in [2.45, 2.75) is 6.61 Å². The van der Waals surface area contributed by atoms with E-state index in [-0.39, 0.29) is 0 Å². The van der Waals surface area contributed by atoms with E-state index < -0.39 is 0 Å². The lowest BCUT2D eigenvalue weighted by Gasteiger charge is -2.11. The second-order valence-corrected chi connectivity index (χ2v) is 8.23. The van der Waals surface area contributed by atoms with Crippen LogP contribution in [0.4, 0.5) is 5.69 Å². The highest BCUT2D eigenvalue weighted by atomic mass is 127. The summed E-state index contributed by atoms with van der Waals surface area (Å²) in [4.78, 5) is 0. The zero-order valence-electron chi connectivity index (χ0n) is 13.6. The first kappa shape index (κ1) is 19.4. The van der Waals surface area contributed by atoms with Crippen molar-refractivity contribution in [3.63, 3.8) is 0 Å². The number of anilines is 1. The zero-order valence-corrected chi connectivity index (χ0v) is 18.7. The average Bonchev–Trinajstić information content (AvgIpc) is 2.63. The number of hydrogen-bond donors (Lipinski definition) is 1. The van der Waals surface area contributed by atoms with Gasteiger partial charge in [-0.15, -0.1) is 0 Å². The fourth-order valence-electron chi connectivity index (χ4n) is 2.22. The van der Waals surface area contributed by atoms with Crippen LogP contribution in [0.15, 0.2) is 71.8 Å². The molecule has 0 saturated carbocycles. The van der Waals surface area contributed by atoms with Crippen LogP contribution in [0.3, 0.4) is 0 Å². The number of ether oxygens (including phenoxy) is 1. The third-order valence-electron chi connectivity index (χ3n) is 3.50. The summed E-state index contributed by atoms with van der Waals surface area (Å²) in [5, 5.41) is 5.02. The Morgan fingerprint density at radius 1 is 0.962 bits per heavy atom. The molecule has 6 heteroatoms. The normalized spacial score (nSPS) is 10.9. The molecule has 0 aliphatic heterocycles. The molecule has 3 nitrogen and oxygen atoms in total. The summed E-state index contributed by atoms with van der Waals surface area (Å²) in [6.07, 6.45) is 1.81. The summed E-state index contributed by atoms with van der Waals surface area (Å²) in [6.45, 7) is 0.506. The van der Waals surface area contributed by atoms with E-state index in [1.807, 2.05) is 54.6 Å². The maximum Gasteiger partial charge on any atom is 0.146 e. The number of halogens is 3. The van der Waals surface area contributed by atoms with Crippen LogP contribution in [-0.4, -0.2) is 6.21 Å². The largest absolute Gasteiger partial charge is 0.487 e. The molecule has 0 fully saturated rings. The maximum atomic E-state index is 6.00. The topological polar surface area (TPSA) is 33.6 Å². The number of para-hydroxylation sites is 1. The molecule has 0 unspecified atom stereocenters. The summed E-state index contributed by atoms with van der Waals surface area (Å²) < 4.78 is 8.10. The van der Waals surface area contributed by atoms with Crippen molar-refractivity contribution in [1.29, 1.82) is 0 Å². The van der Waals surface area contributed by atoms with Gasteiger partial charge in [0.1, 0.15) is 12.4 Å². The molecule has 1 N–H and O–H groups in total. The Morgan fingerprint density at radius 2 is 1.62 bits per heavy atom. The molecule has 26 heavy (non-hydrogen) atoms. The van der Waals surface area contributed by atoms with Gasteiger partial charge >= 0.3 is 0 Å². The predicted octanol–water partition coefficient (Wildman–Crippen LogP) is 6.57. The molecule has 0 radical (unpaired) electrons. The highest BCUT2D eigenvalue weighted by molar-refractivity contribution is 14.1. The first-order valence-electron chi connectivity index (χ1n) is 7.82. The van der Waals surface area contributed by atoms with Gasteiger partial charge in [0, 0.05) is 5.02 Å². The van der Waals surface area contributed by atoms with Crippen LogP contribution in [0.25, 0.3) is 0 Å². The molecule has 3 aromatic rings. The quantitative estimate of drug-likeness (QED) is 0.201. The Kier molecular flexibility index (Phi) is 7.15. The van der Waals surface area contributed by atoms with E-state index in [2.05, 4.69) is 67.8 Å². The van der Waals surface area contributed by atoms with Crippen LogP contribution in [0.2, 0.25) is 5.02 Å². The molecule has 0 atom stereocenters. The van der Waals surface area contributed by atoms with E-state index in [9.17, 15) is 0 Å². The molecule has 0 saturated heterocycles. The summed E-state index contributed by atoms with van der Waals surface area (Å²) in [7, 11) is 0. The van der Waals surface area contributed by atoms with Crippen molar-refractivity contribution >= 4 is 68.7 Å². The fraction of sp³-hybridized carbons (Fsp3) is 0.0500. The van der Waals surface area contributed by atoms with Crippen molar-refractivity contribution in [3.8, 4) is 5.75 Å². The Balaban J connectivity index is 1.66. The van der Waals surface area contributed by atoms with Gasteiger partial charge in [-0.3, -0.25) is 5.43 Å². The van der Waals surface area contributed by atoms with Crippen molar-refractivity contribution in [3.05, 3.63) is 90.0 Å². The van der Waals surface area contributed by atoms with Gasteiger partial charge in [0.25, 0.3) is 0 Å². The summed E-state index contributed by atoms with van der Waals surface area (Å²) in [6, 6.07) is 21.6. The number of rotatable bonds is 6. The number of hydrogen-bond acceptors (Lipinski definition) is 3. The maximum absolute atomic E-state index is 6.00. The van der Waals surface area contributed by atoms with Gasteiger partial charge in [0.2, 0.25) is 0 Å². The molecule has 132 valence electrons. The van der Waals surface area contributed by atoms with Crippen LogP contribution >= 0.6 is 56.8 Å². The first-order valence-corrected chi connectivity index (χ1v) is 10.4. The van der Waals surface area contributed by atoms with Crippen LogP contribution in [0, 0.1) is 7.14 Å². The lowest BCUT2D eigenvalue weighted by atomic mass is 10.2. The first-order chi connectivity index (χ1) is 12.6. The predicted molar refractivity (Wildman–Crippen MR) is 125 cm³/mol. The Hall–Kier alpha value is -1.32. The molecule has 0 amide bonds. The van der Waals surface area contributed by atoms with E-state index in [1.54, 1.807) is 6.21 Å². The zero-order chi connectivity index (χ0) is 18.4. The minimum absolute atomic E-state index is 0.506. The van der Waals surface area contributed by atoms with Crippen molar-refractivity contribution in [2.75, 3.05) is 5.43 Å². The molecule has 0 aromatic heterocycles. The van der Waals surface area contributed by atoms with Crippen LogP contribution in [-0.2, 0) is 6.61 Å². The lowest BCUT2D eigenvalue weighted by molar-refractivity contribution is 0.302. The number of hydrazone groups is 1. The number of nitrogens with zero attached hydrogens (tertiary/aromatic N) is 1. The molecule has 0 aliphatic rings. The third-order valence-corrected chi connectivity index (χ3v) is 5.35. The van der Waals surface area contributed by atoms with E-state index in [1.165, 1.54) is 0 Å². The monoisotopic (exact) mass is 588 g/mol. The molecule has 3 rings (SSSR count). The molecule has 0 heterocycles. The minimum atomic E-state index is 0.506. The van der Waals surface area contributed by atoms with Gasteiger partial charge in [-0.2, -0.15) is 5.10 Å². The Labute approximate surface area is 185 Å². The summed E-state index contributed by atoms with van der Waals surface area (Å²) >= 11 is 10.5. The van der Waals surface area contributed by atoms with E-state index in [4.69, 9.17) is 16.3 Å². The van der Waals surface area contributed by atoms with Gasteiger partial charge in [-0.25, -0.2) is 0 Å². The SMILES string of the molecule is Clc1ccc(COc2c(I)cc(C=NNc3ccccc3)cc2I)cc1. The molecular formula is C20H15ClI2N2O.